The molecule has 1 aliphatic rings. The van der Waals surface area contributed by atoms with Gasteiger partial charge in [0.15, 0.2) is 0 Å². The van der Waals surface area contributed by atoms with Gasteiger partial charge in [-0.2, -0.15) is 0 Å². The Morgan fingerprint density at radius 3 is 2.42 bits per heavy atom. The Morgan fingerprint density at radius 2 is 1.77 bits per heavy atom. The van der Waals surface area contributed by atoms with Gasteiger partial charge in [0.1, 0.15) is 5.58 Å². The Kier molecular flexibility index (Phi) is 8.09. The van der Waals surface area contributed by atoms with Crippen molar-refractivity contribution in [1.82, 2.24) is 9.80 Å². The Morgan fingerprint density at radius 1 is 1.10 bits per heavy atom. The van der Waals surface area contributed by atoms with Gasteiger partial charge < -0.3 is 19.4 Å². The third-order valence-corrected chi connectivity index (χ3v) is 5.32. The monoisotopic (exact) mass is 429 g/mol. The first-order valence-electron chi connectivity index (χ1n) is 11.2. The van der Waals surface area contributed by atoms with Crippen molar-refractivity contribution >= 4 is 22.7 Å². The normalized spacial score (nSPS) is 15.0. The van der Waals surface area contributed by atoms with Crippen LogP contribution in [0.3, 0.4) is 0 Å². The van der Waals surface area contributed by atoms with Gasteiger partial charge in [-0.05, 0) is 36.5 Å². The lowest BCUT2D eigenvalue weighted by Gasteiger charge is -2.26. The Labute approximate surface area is 184 Å². The first-order chi connectivity index (χ1) is 14.8. The molecule has 31 heavy (non-hydrogen) atoms. The molecule has 0 spiro atoms. The molecule has 2 aromatic rings. The van der Waals surface area contributed by atoms with Gasteiger partial charge in [-0.3, -0.25) is 4.90 Å². The molecule has 1 fully saturated rings. The maximum Gasteiger partial charge on any atom is 0.339 e. The van der Waals surface area contributed by atoms with E-state index in [0.29, 0.717) is 48.2 Å². The molecule has 0 saturated carbocycles. The number of morpholine rings is 1. The lowest BCUT2D eigenvalue weighted by atomic mass is 10.1. The molecular formula is C24H35N3O4. The molecule has 2 amide bonds. The number of hydrogen-bond acceptors (Lipinski definition) is 5. The first kappa shape index (κ1) is 23.3. The van der Waals surface area contributed by atoms with Crippen LogP contribution in [0.2, 0.25) is 0 Å². The molecule has 7 nitrogen and oxygen atoms in total. The number of fused-ring (bicyclic) bond motifs is 1. The summed E-state index contributed by atoms with van der Waals surface area (Å²) >= 11 is 0. The highest BCUT2D eigenvalue weighted by molar-refractivity contribution is 5.92. The molecule has 1 saturated heterocycles. The highest BCUT2D eigenvalue weighted by atomic mass is 16.5. The minimum absolute atomic E-state index is 0.133. The Hall–Kier alpha value is -2.38. The minimum atomic E-state index is -0.314. The summed E-state index contributed by atoms with van der Waals surface area (Å²) in [7, 11) is 0. The minimum Gasteiger partial charge on any atom is -0.422 e. The molecule has 1 aromatic heterocycles. The summed E-state index contributed by atoms with van der Waals surface area (Å²) in [6.07, 6.45) is 0.649. The van der Waals surface area contributed by atoms with Gasteiger partial charge in [-0.15, -0.1) is 0 Å². The Bertz CT molecular complexity index is 922. The van der Waals surface area contributed by atoms with E-state index < -0.39 is 0 Å². The van der Waals surface area contributed by atoms with E-state index in [4.69, 9.17) is 9.15 Å². The number of ether oxygens (including phenoxy) is 1. The largest absolute Gasteiger partial charge is 0.422 e. The van der Waals surface area contributed by atoms with Gasteiger partial charge in [-0.1, -0.05) is 27.7 Å². The molecule has 0 bridgehead atoms. The van der Waals surface area contributed by atoms with Crippen LogP contribution in [0.5, 0.6) is 0 Å². The van der Waals surface area contributed by atoms with E-state index in [-0.39, 0.29) is 11.7 Å². The SMILES string of the molecule is CC(C)CN(CC(C)C)C(=O)Nc1ccc2cc(CCN3CCOCC3)c(=O)oc2c1. The second-order valence-corrected chi connectivity index (χ2v) is 9.14. The number of nitrogens with zero attached hydrogens (tertiary/aromatic N) is 2. The van der Waals surface area contributed by atoms with Crippen LogP contribution in [-0.2, 0) is 11.2 Å². The molecule has 170 valence electrons. The van der Waals surface area contributed by atoms with Gasteiger partial charge in [0.05, 0.1) is 13.2 Å². The van der Waals surface area contributed by atoms with E-state index in [1.54, 1.807) is 6.07 Å². The second kappa shape index (κ2) is 10.8. The fourth-order valence-corrected chi connectivity index (χ4v) is 3.83. The number of carbonyl (C=O) groups excluding carboxylic acids is 1. The molecule has 0 aliphatic carbocycles. The third kappa shape index (κ3) is 6.80. The summed E-state index contributed by atoms with van der Waals surface area (Å²) in [5.74, 6) is 0.769. The van der Waals surface area contributed by atoms with E-state index in [9.17, 15) is 9.59 Å². The Balaban J connectivity index is 1.70. The number of nitrogens with one attached hydrogen (secondary N) is 1. The standard InChI is InChI=1S/C24H35N3O4/c1-17(2)15-27(16-18(3)4)24(29)25-21-6-5-19-13-20(23(28)31-22(19)14-21)7-8-26-9-11-30-12-10-26/h5-6,13-14,17-18H,7-12,15-16H2,1-4H3,(H,25,29). The maximum atomic E-state index is 12.8. The molecule has 1 aromatic carbocycles. The summed E-state index contributed by atoms with van der Waals surface area (Å²) in [5.41, 5.74) is 1.47. The van der Waals surface area contributed by atoms with Crippen LogP contribution < -0.4 is 10.9 Å². The molecule has 1 N–H and O–H groups in total. The maximum absolute atomic E-state index is 12.8. The average molecular weight is 430 g/mol. The number of hydrogen-bond donors (Lipinski definition) is 1. The van der Waals surface area contributed by atoms with Gasteiger partial charge in [0.25, 0.3) is 0 Å². The van der Waals surface area contributed by atoms with E-state index in [2.05, 4.69) is 37.9 Å². The number of rotatable bonds is 8. The smallest absolute Gasteiger partial charge is 0.339 e. The van der Waals surface area contributed by atoms with Crippen molar-refractivity contribution in [3.8, 4) is 0 Å². The summed E-state index contributed by atoms with van der Waals surface area (Å²) < 4.78 is 10.9. The van der Waals surface area contributed by atoms with Crippen molar-refractivity contribution < 1.29 is 13.9 Å². The lowest BCUT2D eigenvalue weighted by molar-refractivity contribution is 0.0384. The molecule has 0 atom stereocenters. The lowest BCUT2D eigenvalue weighted by Crippen LogP contribution is -2.39. The predicted molar refractivity (Wildman–Crippen MR) is 124 cm³/mol. The van der Waals surface area contributed by atoms with Gasteiger partial charge in [0, 0.05) is 55.4 Å². The first-order valence-corrected chi connectivity index (χ1v) is 11.2. The summed E-state index contributed by atoms with van der Waals surface area (Å²) in [4.78, 5) is 29.4. The van der Waals surface area contributed by atoms with Crippen molar-refractivity contribution in [3.63, 3.8) is 0 Å². The summed E-state index contributed by atoms with van der Waals surface area (Å²) in [5, 5.41) is 3.81. The molecule has 0 unspecified atom stereocenters. The third-order valence-electron chi connectivity index (χ3n) is 5.32. The van der Waals surface area contributed by atoms with E-state index in [0.717, 1.165) is 38.2 Å². The highest BCUT2D eigenvalue weighted by Gasteiger charge is 2.17. The van der Waals surface area contributed by atoms with Crippen LogP contribution in [0.25, 0.3) is 11.0 Å². The van der Waals surface area contributed by atoms with E-state index in [1.807, 2.05) is 23.1 Å². The van der Waals surface area contributed by atoms with Crippen LogP contribution in [0.1, 0.15) is 33.3 Å². The van der Waals surface area contributed by atoms with Crippen molar-refractivity contribution in [2.75, 3.05) is 51.3 Å². The number of amides is 2. The molecule has 1 aliphatic heterocycles. The summed E-state index contributed by atoms with van der Waals surface area (Å²) in [6, 6.07) is 7.24. The average Bonchev–Trinajstić information content (AvgIpc) is 2.72. The number of anilines is 1. The quantitative estimate of drug-likeness (QED) is 0.646. The zero-order valence-corrected chi connectivity index (χ0v) is 19.1. The fraction of sp³-hybridized carbons (Fsp3) is 0.583. The number of carbonyl (C=O) groups is 1. The van der Waals surface area contributed by atoms with Crippen molar-refractivity contribution in [2.24, 2.45) is 11.8 Å². The highest BCUT2D eigenvalue weighted by Crippen LogP contribution is 2.20. The van der Waals surface area contributed by atoms with Crippen LogP contribution in [-0.4, -0.2) is 61.8 Å². The topological polar surface area (TPSA) is 75.0 Å². The van der Waals surface area contributed by atoms with Crippen LogP contribution in [0.4, 0.5) is 10.5 Å². The van der Waals surface area contributed by atoms with Gasteiger partial charge in [0.2, 0.25) is 0 Å². The second-order valence-electron chi connectivity index (χ2n) is 9.14. The molecule has 0 radical (unpaired) electrons. The van der Waals surface area contributed by atoms with E-state index in [1.165, 1.54) is 0 Å². The number of benzene rings is 1. The molecule has 7 heteroatoms. The van der Waals surface area contributed by atoms with Gasteiger partial charge in [-0.25, -0.2) is 9.59 Å². The van der Waals surface area contributed by atoms with E-state index >= 15 is 0 Å². The van der Waals surface area contributed by atoms with Crippen molar-refractivity contribution in [1.29, 1.82) is 0 Å². The zero-order chi connectivity index (χ0) is 22.4. The number of urea groups is 1. The van der Waals surface area contributed by atoms with Crippen molar-refractivity contribution in [2.45, 2.75) is 34.1 Å². The van der Waals surface area contributed by atoms with Crippen LogP contribution in [0.15, 0.2) is 33.5 Å². The molecular weight excluding hydrogens is 394 g/mol. The molecule has 3 rings (SSSR count). The van der Waals surface area contributed by atoms with Crippen LogP contribution in [0, 0.1) is 11.8 Å². The fourth-order valence-electron chi connectivity index (χ4n) is 3.83. The molecule has 2 heterocycles. The van der Waals surface area contributed by atoms with Gasteiger partial charge >= 0.3 is 11.7 Å². The van der Waals surface area contributed by atoms with Crippen LogP contribution >= 0.6 is 0 Å². The zero-order valence-electron chi connectivity index (χ0n) is 19.1. The van der Waals surface area contributed by atoms with Crippen molar-refractivity contribution in [3.05, 3.63) is 40.2 Å². The predicted octanol–water partition coefficient (Wildman–Crippen LogP) is 3.81. The summed E-state index contributed by atoms with van der Waals surface area (Å²) in [6.45, 7) is 13.9.